The van der Waals surface area contributed by atoms with E-state index in [0.29, 0.717) is 18.2 Å². The summed E-state index contributed by atoms with van der Waals surface area (Å²) in [6, 6.07) is 3.61. The van der Waals surface area contributed by atoms with Gasteiger partial charge in [-0.15, -0.1) is 0 Å². The maximum absolute atomic E-state index is 10.3. The Morgan fingerprint density at radius 1 is 1.53 bits per heavy atom. The molecule has 0 saturated heterocycles. The lowest BCUT2D eigenvalue weighted by Gasteiger charge is -2.05. The van der Waals surface area contributed by atoms with Gasteiger partial charge in [-0.3, -0.25) is 4.98 Å². The maximum Gasteiger partial charge on any atom is 0.404 e. The standard InChI is InChI=1S/C11H16ClN3O2/c12-9-4-3-6-15-10(9)8-14-5-1-2-7-17-11(13)16/h3-4,6,14H,1-2,5,7-8H2,(H2,13,16). The van der Waals surface area contributed by atoms with Crippen LogP contribution in [0.5, 0.6) is 0 Å². The second-order valence-corrected chi connectivity index (χ2v) is 3.89. The molecule has 94 valence electrons. The van der Waals surface area contributed by atoms with Crippen molar-refractivity contribution in [2.45, 2.75) is 19.4 Å². The predicted octanol–water partition coefficient (Wildman–Crippen LogP) is 1.70. The normalized spacial score (nSPS) is 10.2. The number of aromatic nitrogens is 1. The third-order valence-electron chi connectivity index (χ3n) is 2.12. The number of rotatable bonds is 7. The minimum atomic E-state index is -0.724. The summed E-state index contributed by atoms with van der Waals surface area (Å²) in [4.78, 5) is 14.4. The van der Waals surface area contributed by atoms with Crippen LogP contribution in [-0.4, -0.2) is 24.2 Å². The molecule has 17 heavy (non-hydrogen) atoms. The van der Waals surface area contributed by atoms with E-state index in [0.717, 1.165) is 25.1 Å². The summed E-state index contributed by atoms with van der Waals surface area (Å²) in [5, 5.41) is 3.88. The number of primary amides is 1. The van der Waals surface area contributed by atoms with E-state index in [4.69, 9.17) is 17.3 Å². The Hall–Kier alpha value is -1.33. The minimum absolute atomic E-state index is 0.362. The first-order valence-electron chi connectivity index (χ1n) is 5.42. The Balaban J connectivity index is 2.05. The van der Waals surface area contributed by atoms with Gasteiger partial charge >= 0.3 is 6.09 Å². The van der Waals surface area contributed by atoms with E-state index in [1.54, 1.807) is 12.3 Å². The molecule has 0 aliphatic rings. The number of hydrogen-bond acceptors (Lipinski definition) is 4. The molecule has 1 aromatic heterocycles. The van der Waals surface area contributed by atoms with Crippen molar-refractivity contribution in [1.82, 2.24) is 10.3 Å². The highest BCUT2D eigenvalue weighted by Gasteiger charge is 1.99. The van der Waals surface area contributed by atoms with Gasteiger partial charge < -0.3 is 15.8 Å². The molecule has 1 aromatic rings. The molecule has 3 N–H and O–H groups in total. The number of nitrogens with zero attached hydrogens (tertiary/aromatic N) is 1. The molecule has 0 radical (unpaired) electrons. The number of ether oxygens (including phenoxy) is 1. The van der Waals surface area contributed by atoms with Crippen molar-refractivity contribution in [3.05, 3.63) is 29.0 Å². The molecule has 0 aliphatic heterocycles. The van der Waals surface area contributed by atoms with E-state index < -0.39 is 6.09 Å². The fourth-order valence-corrected chi connectivity index (χ4v) is 1.47. The zero-order valence-electron chi connectivity index (χ0n) is 9.49. The van der Waals surface area contributed by atoms with Crippen LogP contribution in [0, 0.1) is 0 Å². The molecule has 0 aromatic carbocycles. The highest BCUT2D eigenvalue weighted by atomic mass is 35.5. The number of halogens is 1. The van der Waals surface area contributed by atoms with E-state index in [-0.39, 0.29) is 0 Å². The monoisotopic (exact) mass is 257 g/mol. The Kier molecular flexibility index (Phi) is 6.35. The Morgan fingerprint density at radius 2 is 2.35 bits per heavy atom. The zero-order valence-corrected chi connectivity index (χ0v) is 10.2. The summed E-state index contributed by atoms with van der Waals surface area (Å²) in [5.74, 6) is 0. The lowest BCUT2D eigenvalue weighted by atomic mass is 10.3. The van der Waals surface area contributed by atoms with Gasteiger partial charge in [0.2, 0.25) is 0 Å². The van der Waals surface area contributed by atoms with Crippen molar-refractivity contribution >= 4 is 17.7 Å². The van der Waals surface area contributed by atoms with E-state index in [1.807, 2.05) is 6.07 Å². The molecule has 1 amide bonds. The minimum Gasteiger partial charge on any atom is -0.450 e. The molecule has 1 rings (SSSR count). The van der Waals surface area contributed by atoms with Gasteiger partial charge in [-0.05, 0) is 31.5 Å². The van der Waals surface area contributed by atoms with Crippen molar-refractivity contribution in [3.63, 3.8) is 0 Å². The quantitative estimate of drug-likeness (QED) is 0.729. The number of nitrogens with two attached hydrogens (primary N) is 1. The van der Waals surface area contributed by atoms with Crippen LogP contribution >= 0.6 is 11.6 Å². The van der Waals surface area contributed by atoms with Crippen LogP contribution in [0.2, 0.25) is 5.02 Å². The zero-order chi connectivity index (χ0) is 12.5. The third-order valence-corrected chi connectivity index (χ3v) is 2.46. The summed E-state index contributed by atoms with van der Waals surface area (Å²) in [6.45, 7) is 1.81. The smallest absolute Gasteiger partial charge is 0.404 e. The highest BCUT2D eigenvalue weighted by molar-refractivity contribution is 6.31. The molecule has 0 aliphatic carbocycles. The van der Waals surface area contributed by atoms with E-state index in [1.165, 1.54) is 0 Å². The number of unbranched alkanes of at least 4 members (excludes halogenated alkanes) is 1. The number of amides is 1. The van der Waals surface area contributed by atoms with Gasteiger partial charge in [-0.25, -0.2) is 4.79 Å². The van der Waals surface area contributed by atoms with Gasteiger partial charge in [0.1, 0.15) is 0 Å². The van der Waals surface area contributed by atoms with Gasteiger partial charge in [0.25, 0.3) is 0 Å². The second-order valence-electron chi connectivity index (χ2n) is 3.48. The first-order valence-corrected chi connectivity index (χ1v) is 5.80. The van der Waals surface area contributed by atoms with Crippen molar-refractivity contribution in [2.75, 3.05) is 13.2 Å². The fraction of sp³-hybridized carbons (Fsp3) is 0.455. The fourth-order valence-electron chi connectivity index (χ4n) is 1.28. The SMILES string of the molecule is NC(=O)OCCCCNCc1ncccc1Cl. The largest absolute Gasteiger partial charge is 0.450 e. The number of carbonyl (C=O) groups is 1. The lowest BCUT2D eigenvalue weighted by Crippen LogP contribution is -2.17. The molecule has 1 heterocycles. The molecule has 0 atom stereocenters. The summed E-state index contributed by atoms with van der Waals surface area (Å²) < 4.78 is 4.60. The van der Waals surface area contributed by atoms with Crippen LogP contribution in [0.1, 0.15) is 18.5 Å². The Bertz CT molecular complexity index is 360. The van der Waals surface area contributed by atoms with E-state index in [9.17, 15) is 4.79 Å². The summed E-state index contributed by atoms with van der Waals surface area (Å²) in [5.41, 5.74) is 5.66. The Morgan fingerprint density at radius 3 is 3.06 bits per heavy atom. The number of hydrogen-bond donors (Lipinski definition) is 2. The van der Waals surface area contributed by atoms with E-state index in [2.05, 4.69) is 15.0 Å². The molecular formula is C11H16ClN3O2. The molecule has 5 nitrogen and oxygen atoms in total. The first kappa shape index (κ1) is 13.7. The van der Waals surface area contributed by atoms with Crippen molar-refractivity contribution in [1.29, 1.82) is 0 Å². The molecule has 0 spiro atoms. The second kappa shape index (κ2) is 7.86. The lowest BCUT2D eigenvalue weighted by molar-refractivity contribution is 0.154. The van der Waals surface area contributed by atoms with Gasteiger partial charge in [0, 0.05) is 12.7 Å². The van der Waals surface area contributed by atoms with Crippen molar-refractivity contribution in [2.24, 2.45) is 5.73 Å². The molecule has 0 saturated carbocycles. The predicted molar refractivity (Wildman–Crippen MR) is 65.7 cm³/mol. The van der Waals surface area contributed by atoms with Gasteiger partial charge in [0.05, 0.1) is 17.3 Å². The van der Waals surface area contributed by atoms with Crippen LogP contribution in [0.3, 0.4) is 0 Å². The molecule has 0 bridgehead atoms. The molecule has 0 unspecified atom stereocenters. The number of pyridine rings is 1. The first-order chi connectivity index (χ1) is 8.20. The van der Waals surface area contributed by atoms with E-state index >= 15 is 0 Å². The van der Waals surface area contributed by atoms with Crippen molar-refractivity contribution in [3.8, 4) is 0 Å². The van der Waals surface area contributed by atoms with Crippen LogP contribution < -0.4 is 11.1 Å². The highest BCUT2D eigenvalue weighted by Crippen LogP contribution is 2.11. The average molecular weight is 258 g/mol. The van der Waals surface area contributed by atoms with Crippen LogP contribution in [0.15, 0.2) is 18.3 Å². The summed E-state index contributed by atoms with van der Waals surface area (Å²) in [6.07, 6.45) is 2.67. The molecule has 0 fully saturated rings. The molecular weight excluding hydrogens is 242 g/mol. The van der Waals surface area contributed by atoms with Crippen molar-refractivity contribution < 1.29 is 9.53 Å². The Labute approximate surface area is 105 Å². The topological polar surface area (TPSA) is 77.2 Å². The van der Waals surface area contributed by atoms with Gasteiger partial charge in [-0.2, -0.15) is 0 Å². The number of nitrogens with one attached hydrogen (secondary N) is 1. The summed E-state index contributed by atoms with van der Waals surface area (Å²) in [7, 11) is 0. The third kappa shape index (κ3) is 6.09. The van der Waals surface area contributed by atoms with Gasteiger partial charge in [-0.1, -0.05) is 11.6 Å². The van der Waals surface area contributed by atoms with Crippen LogP contribution in [-0.2, 0) is 11.3 Å². The van der Waals surface area contributed by atoms with Gasteiger partial charge in [0.15, 0.2) is 0 Å². The number of carbonyl (C=O) groups excluding carboxylic acids is 1. The molecule has 6 heteroatoms. The average Bonchev–Trinajstić information content (AvgIpc) is 2.30. The maximum atomic E-state index is 10.3. The van der Waals surface area contributed by atoms with Crippen LogP contribution in [0.4, 0.5) is 4.79 Å². The summed E-state index contributed by atoms with van der Waals surface area (Å²) >= 11 is 5.95. The van der Waals surface area contributed by atoms with Crippen LogP contribution in [0.25, 0.3) is 0 Å².